The van der Waals surface area contributed by atoms with Gasteiger partial charge < -0.3 is 10.0 Å². The molecule has 1 aromatic rings. The molecule has 104 valence electrons. The van der Waals surface area contributed by atoms with Gasteiger partial charge in [-0.25, -0.2) is 22.8 Å². The Bertz CT molecular complexity index is 575. The van der Waals surface area contributed by atoms with Crippen LogP contribution in [0.4, 0.5) is 10.3 Å². The van der Waals surface area contributed by atoms with Gasteiger partial charge >= 0.3 is 5.97 Å². The average Bonchev–Trinajstić information content (AvgIpc) is 2.67. The second-order valence-corrected chi connectivity index (χ2v) is 6.51. The lowest BCUT2D eigenvalue weighted by molar-refractivity contribution is -0.135. The Morgan fingerprint density at radius 2 is 2.11 bits per heavy atom. The van der Waals surface area contributed by atoms with Crippen molar-refractivity contribution in [3.05, 3.63) is 18.2 Å². The van der Waals surface area contributed by atoms with Crippen LogP contribution in [0.25, 0.3) is 0 Å². The van der Waals surface area contributed by atoms with Crippen molar-refractivity contribution in [3.8, 4) is 0 Å². The van der Waals surface area contributed by atoms with Gasteiger partial charge in [0.1, 0.15) is 6.54 Å². The van der Waals surface area contributed by atoms with E-state index >= 15 is 0 Å². The molecule has 1 saturated heterocycles. The largest absolute Gasteiger partial charge is 0.480 e. The lowest BCUT2D eigenvalue weighted by Gasteiger charge is -2.26. The first kappa shape index (κ1) is 13.7. The van der Waals surface area contributed by atoms with Gasteiger partial charge in [0.2, 0.25) is 5.95 Å². The summed E-state index contributed by atoms with van der Waals surface area (Å²) in [6.45, 7) is -0.425. The minimum Gasteiger partial charge on any atom is -0.480 e. The number of sulfone groups is 1. The summed E-state index contributed by atoms with van der Waals surface area (Å²) in [6, 6.07) is -0.494. The van der Waals surface area contributed by atoms with Crippen LogP contribution in [0.2, 0.25) is 0 Å². The van der Waals surface area contributed by atoms with E-state index in [2.05, 4.69) is 9.97 Å². The molecular weight excluding hydrogens is 277 g/mol. The molecule has 0 bridgehead atoms. The van der Waals surface area contributed by atoms with Gasteiger partial charge in [-0.15, -0.1) is 0 Å². The fourth-order valence-corrected chi connectivity index (χ4v) is 3.71. The quantitative estimate of drug-likeness (QED) is 0.811. The molecule has 2 rings (SSSR count). The molecule has 0 aromatic carbocycles. The maximum Gasteiger partial charge on any atom is 0.323 e. The van der Waals surface area contributed by atoms with E-state index < -0.39 is 34.2 Å². The number of hydrogen-bond acceptors (Lipinski definition) is 6. The first-order valence-electron chi connectivity index (χ1n) is 5.54. The van der Waals surface area contributed by atoms with Gasteiger partial charge in [-0.3, -0.25) is 4.79 Å². The lowest BCUT2D eigenvalue weighted by Crippen LogP contribution is -2.41. The summed E-state index contributed by atoms with van der Waals surface area (Å²) >= 11 is 0. The van der Waals surface area contributed by atoms with E-state index in [0.717, 1.165) is 12.4 Å². The monoisotopic (exact) mass is 289 g/mol. The van der Waals surface area contributed by atoms with E-state index in [4.69, 9.17) is 5.11 Å². The van der Waals surface area contributed by atoms with Crippen molar-refractivity contribution < 1.29 is 22.7 Å². The zero-order valence-electron chi connectivity index (χ0n) is 9.86. The third-order valence-corrected chi connectivity index (χ3v) is 4.57. The number of anilines is 1. The summed E-state index contributed by atoms with van der Waals surface area (Å²) < 4.78 is 35.6. The standard InChI is InChI=1S/C10H12FN3O4S/c11-7-3-12-10(13-4-7)14(5-9(15)16)8-1-2-19(17,18)6-8/h3-4,8H,1-2,5-6H2,(H,15,16). The Hall–Kier alpha value is -1.77. The topological polar surface area (TPSA) is 100 Å². The zero-order chi connectivity index (χ0) is 14.0. The molecule has 1 aromatic heterocycles. The molecule has 1 aliphatic rings. The number of aromatic nitrogens is 2. The Morgan fingerprint density at radius 3 is 2.58 bits per heavy atom. The summed E-state index contributed by atoms with van der Waals surface area (Å²) in [6.07, 6.45) is 2.15. The molecule has 0 aliphatic carbocycles. The van der Waals surface area contributed by atoms with Crippen LogP contribution in [0.1, 0.15) is 6.42 Å². The number of carboxylic acid groups (broad SMARTS) is 1. The summed E-state index contributed by atoms with van der Waals surface area (Å²) in [4.78, 5) is 19.5. The van der Waals surface area contributed by atoms with Gasteiger partial charge in [0.05, 0.1) is 23.9 Å². The van der Waals surface area contributed by atoms with Crippen LogP contribution in [0.5, 0.6) is 0 Å². The van der Waals surface area contributed by atoms with Gasteiger partial charge in [0.25, 0.3) is 0 Å². The van der Waals surface area contributed by atoms with Gasteiger partial charge in [0.15, 0.2) is 15.7 Å². The second-order valence-electron chi connectivity index (χ2n) is 4.28. The van der Waals surface area contributed by atoms with E-state index in [1.807, 2.05) is 0 Å². The van der Waals surface area contributed by atoms with Gasteiger partial charge in [-0.2, -0.15) is 0 Å². The van der Waals surface area contributed by atoms with Gasteiger partial charge in [0, 0.05) is 6.04 Å². The van der Waals surface area contributed by atoms with Crippen LogP contribution >= 0.6 is 0 Å². The highest BCUT2D eigenvalue weighted by Gasteiger charge is 2.34. The van der Waals surface area contributed by atoms with E-state index in [1.54, 1.807) is 0 Å². The first-order valence-corrected chi connectivity index (χ1v) is 7.36. The van der Waals surface area contributed by atoms with Crippen LogP contribution in [0.15, 0.2) is 12.4 Å². The number of halogens is 1. The van der Waals surface area contributed by atoms with E-state index in [-0.39, 0.29) is 17.5 Å². The molecule has 2 heterocycles. The van der Waals surface area contributed by atoms with Crippen molar-refractivity contribution in [1.82, 2.24) is 9.97 Å². The second kappa shape index (κ2) is 5.08. The molecule has 19 heavy (non-hydrogen) atoms. The highest BCUT2D eigenvalue weighted by molar-refractivity contribution is 7.91. The number of carboxylic acids is 1. The summed E-state index contributed by atoms with van der Waals surface area (Å²) in [5, 5.41) is 8.87. The SMILES string of the molecule is O=C(O)CN(c1ncc(F)cn1)C1CCS(=O)(=O)C1. The normalized spacial score (nSPS) is 21.2. The molecule has 0 spiro atoms. The average molecular weight is 289 g/mol. The number of carbonyl (C=O) groups is 1. The van der Waals surface area contributed by atoms with Crippen LogP contribution in [0, 0.1) is 5.82 Å². The summed E-state index contributed by atoms with van der Waals surface area (Å²) in [5.41, 5.74) is 0. The van der Waals surface area contributed by atoms with Crippen LogP contribution < -0.4 is 4.90 Å². The zero-order valence-corrected chi connectivity index (χ0v) is 10.7. The predicted octanol–water partition coefficient (Wildman–Crippen LogP) is -0.306. The van der Waals surface area contributed by atoms with Gasteiger partial charge in [-0.05, 0) is 6.42 Å². The molecule has 9 heteroatoms. The minimum atomic E-state index is -3.16. The maximum atomic E-state index is 12.8. The van der Waals surface area contributed by atoms with Crippen molar-refractivity contribution in [2.75, 3.05) is 23.0 Å². The van der Waals surface area contributed by atoms with E-state index in [0.29, 0.717) is 6.42 Å². The van der Waals surface area contributed by atoms with E-state index in [1.165, 1.54) is 4.90 Å². The van der Waals surface area contributed by atoms with Crippen LogP contribution in [-0.4, -0.2) is 53.6 Å². The number of aliphatic carboxylic acids is 1. The van der Waals surface area contributed by atoms with Crippen molar-refractivity contribution in [2.24, 2.45) is 0 Å². The lowest BCUT2D eigenvalue weighted by atomic mass is 10.2. The summed E-state index contributed by atoms with van der Waals surface area (Å²) in [5.74, 6) is -1.88. The number of hydrogen-bond donors (Lipinski definition) is 1. The van der Waals surface area contributed by atoms with Crippen molar-refractivity contribution in [1.29, 1.82) is 0 Å². The molecule has 1 aliphatic heterocycles. The van der Waals surface area contributed by atoms with Crippen LogP contribution in [-0.2, 0) is 14.6 Å². The Kier molecular flexibility index (Phi) is 3.65. The fourth-order valence-electron chi connectivity index (χ4n) is 1.98. The van der Waals surface area contributed by atoms with Crippen molar-refractivity contribution in [3.63, 3.8) is 0 Å². The maximum absolute atomic E-state index is 12.8. The molecule has 0 radical (unpaired) electrons. The molecule has 7 nitrogen and oxygen atoms in total. The molecule has 0 saturated carbocycles. The highest BCUT2D eigenvalue weighted by Crippen LogP contribution is 2.21. The van der Waals surface area contributed by atoms with Crippen molar-refractivity contribution in [2.45, 2.75) is 12.5 Å². The van der Waals surface area contributed by atoms with Crippen molar-refractivity contribution >= 4 is 21.8 Å². The predicted molar refractivity (Wildman–Crippen MR) is 64.0 cm³/mol. The number of rotatable bonds is 4. The molecule has 1 atom stereocenters. The molecule has 1 unspecified atom stereocenters. The highest BCUT2D eigenvalue weighted by atomic mass is 32.2. The smallest absolute Gasteiger partial charge is 0.323 e. The third-order valence-electron chi connectivity index (χ3n) is 2.82. The third kappa shape index (κ3) is 3.37. The van der Waals surface area contributed by atoms with Crippen LogP contribution in [0.3, 0.4) is 0 Å². The molecule has 0 amide bonds. The Morgan fingerprint density at radius 1 is 1.47 bits per heavy atom. The first-order chi connectivity index (χ1) is 8.87. The molecule has 1 fully saturated rings. The summed E-state index contributed by atoms with van der Waals surface area (Å²) in [7, 11) is -3.16. The van der Waals surface area contributed by atoms with Gasteiger partial charge in [-0.1, -0.05) is 0 Å². The minimum absolute atomic E-state index is 0.00891. The Labute approximate surface area is 109 Å². The van der Waals surface area contributed by atoms with E-state index in [9.17, 15) is 17.6 Å². The molecular formula is C10H12FN3O4S. The Balaban J connectivity index is 2.26. The fraction of sp³-hybridized carbons (Fsp3) is 0.500. The number of nitrogens with zero attached hydrogens (tertiary/aromatic N) is 3. The molecule has 1 N–H and O–H groups in total.